The summed E-state index contributed by atoms with van der Waals surface area (Å²) in [6, 6.07) is 0. The van der Waals surface area contributed by atoms with Crippen molar-refractivity contribution in [2.24, 2.45) is 0 Å². The van der Waals surface area contributed by atoms with E-state index >= 15 is 0 Å². The monoisotopic (exact) mass is 210 g/mol. The molecule has 0 aliphatic heterocycles. The van der Waals surface area contributed by atoms with Crippen LogP contribution in [0.1, 0.15) is 25.2 Å². The molecule has 0 aromatic carbocycles. The van der Waals surface area contributed by atoms with Crippen molar-refractivity contribution < 1.29 is 14.6 Å². The van der Waals surface area contributed by atoms with Gasteiger partial charge in [-0.25, -0.2) is 4.79 Å². The largest absolute Gasteiger partial charge is 0.464 e. The molecule has 1 unspecified atom stereocenters. The van der Waals surface area contributed by atoms with Gasteiger partial charge >= 0.3 is 5.97 Å². The van der Waals surface area contributed by atoms with Gasteiger partial charge in [-0.15, -0.1) is 0 Å². The van der Waals surface area contributed by atoms with Crippen LogP contribution < -0.4 is 0 Å². The first-order valence-corrected chi connectivity index (χ1v) is 4.67. The molecule has 5 nitrogen and oxygen atoms in total. The second-order valence-corrected chi connectivity index (χ2v) is 3.28. The van der Waals surface area contributed by atoms with Crippen LogP contribution in [0.4, 0.5) is 0 Å². The first-order chi connectivity index (χ1) is 7.00. The summed E-state index contributed by atoms with van der Waals surface area (Å²) < 4.78 is 4.76. The van der Waals surface area contributed by atoms with Gasteiger partial charge in [-0.1, -0.05) is 0 Å². The zero-order valence-electron chi connectivity index (χ0n) is 9.02. The lowest BCUT2D eigenvalue weighted by molar-refractivity contribution is -0.164. The normalized spacial score (nSPS) is 14.4. The van der Waals surface area contributed by atoms with Crippen molar-refractivity contribution in [2.75, 3.05) is 6.61 Å². The smallest absolute Gasteiger partial charge is 0.344 e. The van der Waals surface area contributed by atoms with Crippen LogP contribution in [0.25, 0.3) is 0 Å². The molecule has 0 bridgehead atoms. The van der Waals surface area contributed by atoms with Crippen molar-refractivity contribution in [1.82, 2.24) is 9.97 Å². The van der Waals surface area contributed by atoms with E-state index in [4.69, 9.17) is 4.74 Å². The minimum Gasteiger partial charge on any atom is -0.464 e. The zero-order chi connectivity index (χ0) is 11.5. The molecule has 1 aromatic rings. The molecule has 15 heavy (non-hydrogen) atoms. The maximum Gasteiger partial charge on any atom is 0.344 e. The number of ether oxygens (including phenoxy) is 1. The predicted octanol–water partition coefficient (Wildman–Crippen LogP) is 0.556. The van der Waals surface area contributed by atoms with Crippen LogP contribution >= 0.6 is 0 Å². The number of aromatic nitrogens is 2. The van der Waals surface area contributed by atoms with Crippen molar-refractivity contribution >= 4 is 5.97 Å². The van der Waals surface area contributed by atoms with Gasteiger partial charge in [-0.05, 0) is 20.8 Å². The third-order valence-corrected chi connectivity index (χ3v) is 2.02. The first-order valence-electron chi connectivity index (χ1n) is 4.67. The molecule has 0 fully saturated rings. The average Bonchev–Trinajstić information content (AvgIpc) is 2.18. The molecule has 0 amide bonds. The second-order valence-electron chi connectivity index (χ2n) is 3.28. The Morgan fingerprint density at radius 2 is 2.13 bits per heavy atom. The molecule has 1 atom stereocenters. The maximum atomic E-state index is 11.5. The Labute approximate surface area is 88.1 Å². The lowest BCUT2D eigenvalue weighted by Gasteiger charge is -2.21. The summed E-state index contributed by atoms with van der Waals surface area (Å²) in [5, 5.41) is 9.99. The van der Waals surface area contributed by atoms with E-state index in [-0.39, 0.29) is 12.3 Å². The molecule has 5 heteroatoms. The third kappa shape index (κ3) is 2.30. The number of aliphatic hydroxyl groups is 1. The van der Waals surface area contributed by atoms with E-state index in [9.17, 15) is 9.90 Å². The number of hydrogen-bond donors (Lipinski definition) is 1. The highest BCUT2D eigenvalue weighted by atomic mass is 16.5. The second kappa shape index (κ2) is 4.35. The van der Waals surface area contributed by atoms with Crippen molar-refractivity contribution in [2.45, 2.75) is 26.4 Å². The number of rotatable bonds is 3. The summed E-state index contributed by atoms with van der Waals surface area (Å²) in [6.45, 7) is 4.92. The molecular weight excluding hydrogens is 196 g/mol. The molecule has 0 saturated carbocycles. The van der Waals surface area contributed by atoms with Gasteiger partial charge in [0, 0.05) is 12.4 Å². The van der Waals surface area contributed by atoms with E-state index in [1.165, 1.54) is 19.3 Å². The van der Waals surface area contributed by atoms with E-state index in [1.54, 1.807) is 13.8 Å². The fraction of sp³-hybridized carbons (Fsp3) is 0.500. The lowest BCUT2D eigenvalue weighted by Crippen LogP contribution is -2.36. The fourth-order valence-electron chi connectivity index (χ4n) is 1.25. The van der Waals surface area contributed by atoms with Crippen molar-refractivity contribution in [3.8, 4) is 0 Å². The molecule has 0 saturated heterocycles. The highest BCUT2D eigenvalue weighted by Gasteiger charge is 2.37. The van der Waals surface area contributed by atoms with Gasteiger partial charge in [-0.2, -0.15) is 0 Å². The molecule has 82 valence electrons. The van der Waals surface area contributed by atoms with Gasteiger partial charge in [-0.3, -0.25) is 9.97 Å². The number of carbonyl (C=O) groups is 1. The van der Waals surface area contributed by atoms with Crippen LogP contribution in [0, 0.1) is 6.92 Å². The van der Waals surface area contributed by atoms with Crippen molar-refractivity contribution in [3.63, 3.8) is 0 Å². The maximum absolute atomic E-state index is 11.5. The topological polar surface area (TPSA) is 72.3 Å². The zero-order valence-corrected chi connectivity index (χ0v) is 9.02. The van der Waals surface area contributed by atoms with Gasteiger partial charge in [0.15, 0.2) is 0 Å². The Morgan fingerprint density at radius 1 is 1.53 bits per heavy atom. The molecule has 1 aromatic heterocycles. The average molecular weight is 210 g/mol. The SMILES string of the molecule is CCOC(=O)C(C)(O)c1nccnc1C. The highest BCUT2D eigenvalue weighted by Crippen LogP contribution is 2.21. The Bertz CT molecular complexity index is 363. The quantitative estimate of drug-likeness (QED) is 0.738. The molecule has 0 aliphatic rings. The van der Waals surface area contributed by atoms with Crippen molar-refractivity contribution in [3.05, 3.63) is 23.8 Å². The van der Waals surface area contributed by atoms with Crippen LogP contribution in [0.2, 0.25) is 0 Å². The molecule has 1 N–H and O–H groups in total. The summed E-state index contributed by atoms with van der Waals surface area (Å²) in [7, 11) is 0. The van der Waals surface area contributed by atoms with Gasteiger partial charge in [0.1, 0.15) is 5.69 Å². The van der Waals surface area contributed by atoms with Crippen LogP contribution in [0.5, 0.6) is 0 Å². The molecule has 0 spiro atoms. The Morgan fingerprint density at radius 3 is 2.67 bits per heavy atom. The van der Waals surface area contributed by atoms with E-state index in [0.717, 1.165) is 0 Å². The Kier molecular flexibility index (Phi) is 3.36. The summed E-state index contributed by atoms with van der Waals surface area (Å²) >= 11 is 0. The van der Waals surface area contributed by atoms with Crippen LogP contribution in [-0.4, -0.2) is 27.7 Å². The highest BCUT2D eigenvalue weighted by molar-refractivity contribution is 5.80. The number of aryl methyl sites for hydroxylation is 1. The third-order valence-electron chi connectivity index (χ3n) is 2.02. The van der Waals surface area contributed by atoms with Gasteiger partial charge in [0.25, 0.3) is 0 Å². The standard InChI is InChI=1S/C10H14N2O3/c1-4-15-9(13)10(3,14)8-7(2)11-5-6-12-8/h5-6,14H,4H2,1-3H3. The number of hydrogen-bond acceptors (Lipinski definition) is 5. The van der Waals surface area contributed by atoms with Crippen LogP contribution in [0.3, 0.4) is 0 Å². The molecule has 1 rings (SSSR count). The Balaban J connectivity index is 3.05. The first kappa shape index (κ1) is 11.6. The van der Waals surface area contributed by atoms with Crippen LogP contribution in [-0.2, 0) is 15.1 Å². The van der Waals surface area contributed by atoms with E-state index in [0.29, 0.717) is 5.69 Å². The summed E-state index contributed by atoms with van der Waals surface area (Å²) in [5.74, 6) is -0.714. The van der Waals surface area contributed by atoms with Crippen LogP contribution in [0.15, 0.2) is 12.4 Å². The Hall–Kier alpha value is -1.49. The summed E-state index contributed by atoms with van der Waals surface area (Å²) in [6.07, 6.45) is 2.93. The van der Waals surface area contributed by atoms with Gasteiger partial charge < -0.3 is 9.84 Å². The minimum atomic E-state index is -1.74. The molecule has 0 aliphatic carbocycles. The lowest BCUT2D eigenvalue weighted by atomic mass is 10.0. The summed E-state index contributed by atoms with van der Waals surface area (Å²) in [5.41, 5.74) is -1.01. The van der Waals surface area contributed by atoms with E-state index < -0.39 is 11.6 Å². The predicted molar refractivity (Wildman–Crippen MR) is 53.0 cm³/mol. The van der Waals surface area contributed by atoms with Gasteiger partial charge in [0.2, 0.25) is 5.60 Å². The number of carbonyl (C=O) groups excluding carboxylic acids is 1. The fourth-order valence-corrected chi connectivity index (χ4v) is 1.25. The van der Waals surface area contributed by atoms with E-state index in [1.807, 2.05) is 0 Å². The molecule has 0 radical (unpaired) electrons. The van der Waals surface area contributed by atoms with E-state index in [2.05, 4.69) is 9.97 Å². The summed E-state index contributed by atoms with van der Waals surface area (Å²) in [4.78, 5) is 19.4. The number of nitrogens with zero attached hydrogens (tertiary/aromatic N) is 2. The van der Waals surface area contributed by atoms with Crippen molar-refractivity contribution in [1.29, 1.82) is 0 Å². The molecular formula is C10H14N2O3. The number of esters is 1. The minimum absolute atomic E-state index is 0.217. The van der Waals surface area contributed by atoms with Gasteiger partial charge in [0.05, 0.1) is 12.3 Å². The molecule has 1 heterocycles.